The molecule has 1 aromatic carbocycles. The van der Waals surface area contributed by atoms with E-state index in [2.05, 4.69) is 26.5 Å². The molecular weight excluding hydrogens is 372 g/mol. The fraction of sp³-hybridized carbons (Fsp3) is 0.222. The molecule has 2 aliphatic carbocycles. The van der Waals surface area contributed by atoms with E-state index < -0.39 is 5.91 Å². The molecule has 0 heterocycles. The van der Waals surface area contributed by atoms with Crippen LogP contribution in [0.5, 0.6) is 5.75 Å². The Balaban J connectivity index is 1.73. The Morgan fingerprint density at radius 2 is 1.92 bits per heavy atom. The highest BCUT2D eigenvalue weighted by molar-refractivity contribution is 9.11. The Labute approximate surface area is 147 Å². The van der Waals surface area contributed by atoms with Crippen molar-refractivity contribution in [2.45, 2.75) is 19.3 Å². The van der Waals surface area contributed by atoms with E-state index in [1.54, 1.807) is 24.3 Å². The van der Waals surface area contributed by atoms with Gasteiger partial charge in [-0.25, -0.2) is 5.43 Å². The smallest absolute Gasteiger partial charge is 0.275 e. The van der Waals surface area contributed by atoms with Gasteiger partial charge < -0.3 is 10.2 Å². The minimum atomic E-state index is -0.487. The zero-order chi connectivity index (χ0) is 17.1. The highest BCUT2D eigenvalue weighted by atomic mass is 79.9. The molecule has 0 fully saturated rings. The number of amides is 1. The zero-order valence-corrected chi connectivity index (χ0v) is 14.5. The number of halogens is 1. The van der Waals surface area contributed by atoms with Crippen LogP contribution in [-0.4, -0.2) is 22.3 Å². The molecule has 0 aromatic heterocycles. The van der Waals surface area contributed by atoms with E-state index in [0.717, 1.165) is 27.8 Å². The Kier molecular flexibility index (Phi) is 4.85. The molecule has 0 saturated heterocycles. The second kappa shape index (κ2) is 7.05. The first-order valence-corrected chi connectivity index (χ1v) is 8.46. The molecule has 0 saturated carbocycles. The van der Waals surface area contributed by atoms with Gasteiger partial charge in [0.1, 0.15) is 11.5 Å². The first-order valence-electron chi connectivity index (χ1n) is 7.67. The van der Waals surface area contributed by atoms with Crippen molar-refractivity contribution in [1.82, 2.24) is 5.43 Å². The normalized spacial score (nSPS) is 19.6. The van der Waals surface area contributed by atoms with Crippen molar-refractivity contribution in [3.05, 3.63) is 50.5 Å². The van der Waals surface area contributed by atoms with Gasteiger partial charge in [-0.05, 0) is 58.5 Å². The maximum atomic E-state index is 12.2. The highest BCUT2D eigenvalue weighted by Crippen LogP contribution is 2.25. The number of hydrogen-bond donors (Lipinski definition) is 3. The lowest BCUT2D eigenvalue weighted by Gasteiger charge is -2.14. The van der Waals surface area contributed by atoms with E-state index >= 15 is 0 Å². The highest BCUT2D eigenvalue weighted by Gasteiger charge is 2.16. The predicted octanol–water partition coefficient (Wildman–Crippen LogP) is 2.20. The van der Waals surface area contributed by atoms with E-state index in [-0.39, 0.29) is 23.0 Å². The molecule has 1 unspecified atom stereocenters. The minimum Gasteiger partial charge on any atom is -0.512 e. The predicted molar refractivity (Wildman–Crippen MR) is 97.3 cm³/mol. The van der Waals surface area contributed by atoms with Gasteiger partial charge in [-0.1, -0.05) is 28.1 Å². The lowest BCUT2D eigenvalue weighted by atomic mass is 10.0. The third-order valence-corrected chi connectivity index (χ3v) is 4.58. The number of nitrogens with zero attached hydrogens (tertiary/aromatic N) is 1. The van der Waals surface area contributed by atoms with E-state index in [0.29, 0.717) is 6.42 Å². The van der Waals surface area contributed by atoms with Crippen LogP contribution >= 0.6 is 15.9 Å². The molecule has 0 bridgehead atoms. The van der Waals surface area contributed by atoms with Gasteiger partial charge in [0, 0.05) is 6.21 Å². The molecule has 24 heavy (non-hydrogen) atoms. The second-order valence-electron chi connectivity index (χ2n) is 5.72. The first-order chi connectivity index (χ1) is 11.5. The summed E-state index contributed by atoms with van der Waals surface area (Å²) in [4.78, 5) is 12.2. The van der Waals surface area contributed by atoms with Gasteiger partial charge in [-0.3, -0.25) is 4.79 Å². The molecule has 1 aromatic rings. The van der Waals surface area contributed by atoms with Gasteiger partial charge in [0.25, 0.3) is 5.91 Å². The zero-order valence-electron chi connectivity index (χ0n) is 12.9. The number of fused-ring (bicyclic) bond motifs is 1. The molecule has 0 radical (unpaired) electrons. The molecular formula is C18H17BrN2O3. The van der Waals surface area contributed by atoms with E-state index in [4.69, 9.17) is 0 Å². The molecule has 3 N–H and O–H groups in total. The summed E-state index contributed by atoms with van der Waals surface area (Å²) in [5, 5.41) is 25.6. The van der Waals surface area contributed by atoms with Gasteiger partial charge in [-0.15, -0.1) is 0 Å². The maximum absolute atomic E-state index is 12.2. The largest absolute Gasteiger partial charge is 0.512 e. The Morgan fingerprint density at radius 1 is 1.21 bits per heavy atom. The van der Waals surface area contributed by atoms with Gasteiger partial charge in [-0.2, -0.15) is 5.10 Å². The summed E-state index contributed by atoms with van der Waals surface area (Å²) in [7, 11) is 0. The summed E-state index contributed by atoms with van der Waals surface area (Å²) in [6.45, 7) is 0. The summed E-state index contributed by atoms with van der Waals surface area (Å²) in [5.41, 5.74) is 2.58. The van der Waals surface area contributed by atoms with Crippen LogP contribution in [0.4, 0.5) is 0 Å². The average Bonchev–Trinajstić information content (AvgIpc) is 2.57. The van der Waals surface area contributed by atoms with Crippen LogP contribution in [0.15, 0.2) is 39.6 Å². The molecule has 6 heteroatoms. The summed E-state index contributed by atoms with van der Waals surface area (Å²) in [6.07, 6.45) is 11.4. The second-order valence-corrected chi connectivity index (χ2v) is 6.74. The minimum absolute atomic E-state index is 0.0703. The van der Waals surface area contributed by atoms with Crippen molar-refractivity contribution >= 4 is 40.2 Å². The topological polar surface area (TPSA) is 81.9 Å². The van der Waals surface area contributed by atoms with Crippen LogP contribution in [0.2, 0.25) is 0 Å². The van der Waals surface area contributed by atoms with Crippen LogP contribution < -0.4 is 15.9 Å². The summed E-state index contributed by atoms with van der Waals surface area (Å²) in [5.74, 6) is -0.652. The Hall–Kier alpha value is -2.34. The summed E-state index contributed by atoms with van der Waals surface area (Å²) >= 11 is 3.38. The quantitative estimate of drug-likeness (QED) is 0.548. The van der Waals surface area contributed by atoms with Gasteiger partial charge in [0.2, 0.25) is 0 Å². The number of rotatable bonds is 3. The van der Waals surface area contributed by atoms with Gasteiger partial charge in [0.15, 0.2) is 0 Å². The molecule has 0 spiro atoms. The first kappa shape index (κ1) is 16.5. The van der Waals surface area contributed by atoms with Crippen LogP contribution in [-0.2, 0) is 0 Å². The van der Waals surface area contributed by atoms with Gasteiger partial charge in [0.05, 0.1) is 11.5 Å². The van der Waals surface area contributed by atoms with E-state index in [1.807, 2.05) is 12.2 Å². The number of aromatic hydroxyl groups is 1. The molecule has 5 nitrogen and oxygen atoms in total. The molecule has 2 aliphatic rings. The Morgan fingerprint density at radius 3 is 2.67 bits per heavy atom. The lowest BCUT2D eigenvalue weighted by Crippen LogP contribution is -2.29. The summed E-state index contributed by atoms with van der Waals surface area (Å²) < 4.78 is 0.946. The SMILES string of the molecule is O=C(NN=CC1CC(Br)=CC=C1O)c1cc2c(cc1O)=CCCC=2. The van der Waals surface area contributed by atoms with Crippen LogP contribution in [0.1, 0.15) is 29.6 Å². The van der Waals surface area contributed by atoms with Crippen molar-refractivity contribution < 1.29 is 15.0 Å². The number of hydrazone groups is 1. The van der Waals surface area contributed by atoms with Crippen molar-refractivity contribution in [3.8, 4) is 5.75 Å². The molecule has 1 atom stereocenters. The van der Waals surface area contributed by atoms with Crippen molar-refractivity contribution in [2.24, 2.45) is 11.0 Å². The lowest BCUT2D eigenvalue weighted by molar-refractivity contribution is 0.0952. The van der Waals surface area contributed by atoms with E-state index in [9.17, 15) is 15.0 Å². The van der Waals surface area contributed by atoms with Crippen molar-refractivity contribution in [1.29, 1.82) is 0 Å². The number of carbonyl (C=O) groups excluding carboxylic acids is 1. The third-order valence-electron chi connectivity index (χ3n) is 3.99. The fourth-order valence-electron chi connectivity index (χ4n) is 2.69. The number of hydrogen-bond acceptors (Lipinski definition) is 4. The van der Waals surface area contributed by atoms with Crippen molar-refractivity contribution in [3.63, 3.8) is 0 Å². The number of benzene rings is 1. The van der Waals surface area contributed by atoms with Gasteiger partial charge >= 0.3 is 0 Å². The van der Waals surface area contributed by atoms with Crippen LogP contribution in [0.3, 0.4) is 0 Å². The molecule has 3 rings (SSSR count). The fourth-order valence-corrected chi connectivity index (χ4v) is 3.17. The summed E-state index contributed by atoms with van der Waals surface area (Å²) in [6, 6.07) is 3.27. The number of nitrogens with one attached hydrogen (secondary N) is 1. The molecule has 0 aliphatic heterocycles. The number of allylic oxidation sites excluding steroid dienone is 4. The molecule has 124 valence electrons. The molecule has 1 amide bonds. The number of phenols is 1. The third kappa shape index (κ3) is 3.59. The van der Waals surface area contributed by atoms with Crippen molar-refractivity contribution in [2.75, 3.05) is 0 Å². The maximum Gasteiger partial charge on any atom is 0.275 e. The van der Waals surface area contributed by atoms with Crippen LogP contribution in [0.25, 0.3) is 12.2 Å². The number of aliphatic hydroxyl groups is 1. The monoisotopic (exact) mass is 388 g/mol. The number of aliphatic hydroxyl groups excluding tert-OH is 1. The van der Waals surface area contributed by atoms with E-state index in [1.165, 1.54) is 6.21 Å². The number of carbonyl (C=O) groups is 1. The average molecular weight is 389 g/mol. The standard InChI is InChI=1S/C18H17BrN2O3/c19-14-5-6-16(22)13(7-14)10-20-21-18(24)15-8-11-3-1-2-4-12(11)9-17(15)23/h3-6,8-10,13,22-23H,1-2,7H2,(H,21,24). The number of phenolic OH excluding ortho intramolecular Hbond substituents is 1. The van der Waals surface area contributed by atoms with Crippen LogP contribution in [0, 0.1) is 5.92 Å². The Bertz CT molecular complexity index is 884.